The summed E-state index contributed by atoms with van der Waals surface area (Å²) in [5.41, 5.74) is 8.07. The van der Waals surface area contributed by atoms with Crippen LogP contribution in [-0.4, -0.2) is 40.8 Å². The van der Waals surface area contributed by atoms with Gasteiger partial charge in [-0.2, -0.15) is 0 Å². The summed E-state index contributed by atoms with van der Waals surface area (Å²) in [6.07, 6.45) is 1.59. The molecule has 1 aromatic heterocycles. The summed E-state index contributed by atoms with van der Waals surface area (Å²) < 4.78 is 0. The molecule has 2 N–H and O–H groups in total. The van der Waals surface area contributed by atoms with Crippen LogP contribution < -0.4 is 10.6 Å². The molecule has 6 nitrogen and oxygen atoms in total. The number of nitrogen functional groups attached to an aromatic ring is 1. The van der Waals surface area contributed by atoms with Crippen molar-refractivity contribution in [1.29, 1.82) is 0 Å². The maximum Gasteiger partial charge on any atom is 0.261 e. The molecule has 0 bridgehead atoms. The number of carbonyl (C=O) groups excluding carboxylic acids is 2. The van der Waals surface area contributed by atoms with Gasteiger partial charge in [-0.15, -0.1) is 0 Å². The minimum absolute atomic E-state index is 0.159. The van der Waals surface area contributed by atoms with Gasteiger partial charge in [0.15, 0.2) is 5.15 Å². The molecule has 0 unspecified atom stereocenters. The van der Waals surface area contributed by atoms with Gasteiger partial charge in [-0.1, -0.05) is 23.7 Å². The largest absolute Gasteiger partial charge is 0.395 e. The Morgan fingerprint density at radius 3 is 2.30 bits per heavy atom. The minimum Gasteiger partial charge on any atom is -0.395 e. The summed E-state index contributed by atoms with van der Waals surface area (Å²) in [5, 5.41) is 0.256. The number of nitrogens with zero attached hydrogens (tertiary/aromatic N) is 3. The van der Waals surface area contributed by atoms with Crippen LogP contribution in [0.2, 0.25) is 5.15 Å². The van der Waals surface area contributed by atoms with Crippen LogP contribution in [0.4, 0.5) is 11.4 Å². The van der Waals surface area contributed by atoms with E-state index in [-0.39, 0.29) is 23.0 Å². The molecule has 3 heterocycles. The van der Waals surface area contributed by atoms with E-state index < -0.39 is 0 Å². The first kappa shape index (κ1) is 14.0. The van der Waals surface area contributed by atoms with E-state index in [0.717, 1.165) is 5.69 Å². The van der Waals surface area contributed by atoms with Crippen molar-refractivity contribution in [2.45, 2.75) is 6.04 Å². The van der Waals surface area contributed by atoms with Crippen LogP contribution in [-0.2, 0) is 0 Å². The van der Waals surface area contributed by atoms with Crippen molar-refractivity contribution in [2.75, 3.05) is 23.7 Å². The fourth-order valence-electron chi connectivity index (χ4n) is 3.07. The first-order valence-corrected chi connectivity index (χ1v) is 7.57. The van der Waals surface area contributed by atoms with Gasteiger partial charge in [-0.05, 0) is 18.2 Å². The van der Waals surface area contributed by atoms with Crippen molar-refractivity contribution < 1.29 is 9.59 Å². The molecule has 2 aliphatic heterocycles. The summed E-state index contributed by atoms with van der Waals surface area (Å²) in [6, 6.07) is 8.52. The van der Waals surface area contributed by atoms with E-state index in [1.807, 2.05) is 4.90 Å². The van der Waals surface area contributed by atoms with Crippen molar-refractivity contribution in [3.05, 3.63) is 52.8 Å². The molecule has 0 spiro atoms. The number of nitrogens with two attached hydrogens (primary N) is 1. The van der Waals surface area contributed by atoms with Crippen LogP contribution in [0.25, 0.3) is 0 Å². The number of amides is 2. The second kappa shape index (κ2) is 4.96. The molecule has 0 saturated carbocycles. The lowest BCUT2D eigenvalue weighted by Gasteiger charge is -2.44. The summed E-state index contributed by atoms with van der Waals surface area (Å²) in [6.45, 7) is 1.08. The maximum absolute atomic E-state index is 12.4. The molecule has 116 valence electrons. The van der Waals surface area contributed by atoms with E-state index in [4.69, 9.17) is 17.3 Å². The number of hydrogen-bond acceptors (Lipinski definition) is 5. The molecular formula is C16H13ClN4O2. The third-order valence-electron chi connectivity index (χ3n) is 4.31. The lowest BCUT2D eigenvalue weighted by Crippen LogP contribution is -2.61. The van der Waals surface area contributed by atoms with Gasteiger partial charge >= 0.3 is 0 Å². The number of anilines is 2. The highest BCUT2D eigenvalue weighted by Gasteiger charge is 2.44. The average Bonchev–Trinajstić information content (AvgIpc) is 2.76. The smallest absolute Gasteiger partial charge is 0.261 e. The Hall–Kier alpha value is -2.60. The highest BCUT2D eigenvalue weighted by atomic mass is 35.5. The van der Waals surface area contributed by atoms with Gasteiger partial charge in [0.2, 0.25) is 0 Å². The fraction of sp³-hybridized carbons (Fsp3) is 0.188. The van der Waals surface area contributed by atoms with E-state index in [0.29, 0.717) is 29.9 Å². The standard InChI is InChI=1S/C16H13ClN4O2/c17-14-13(18)12(5-6-19-14)20-7-9(8-20)21-15(22)10-3-1-2-4-11(10)16(21)23/h1-6,9H,7-8,18H2. The number of halogens is 1. The molecule has 1 saturated heterocycles. The molecular weight excluding hydrogens is 316 g/mol. The van der Waals surface area contributed by atoms with Gasteiger partial charge in [0.1, 0.15) is 0 Å². The van der Waals surface area contributed by atoms with Crippen LogP contribution in [0.3, 0.4) is 0 Å². The number of aromatic nitrogens is 1. The normalized spacial score (nSPS) is 17.4. The Bertz CT molecular complexity index is 798. The molecule has 2 amide bonds. The molecule has 23 heavy (non-hydrogen) atoms. The van der Waals surface area contributed by atoms with Crippen LogP contribution in [0, 0.1) is 0 Å². The molecule has 1 fully saturated rings. The van der Waals surface area contributed by atoms with Gasteiger partial charge in [-0.3, -0.25) is 14.5 Å². The van der Waals surface area contributed by atoms with Crippen LogP contribution in [0.5, 0.6) is 0 Å². The topological polar surface area (TPSA) is 79.5 Å². The summed E-state index contributed by atoms with van der Waals surface area (Å²) in [5.74, 6) is -0.452. The first-order chi connectivity index (χ1) is 11.1. The third kappa shape index (κ3) is 1.98. The number of benzene rings is 1. The zero-order valence-corrected chi connectivity index (χ0v) is 12.8. The van der Waals surface area contributed by atoms with Crippen molar-refractivity contribution in [1.82, 2.24) is 9.88 Å². The monoisotopic (exact) mass is 328 g/mol. The Morgan fingerprint density at radius 1 is 1.09 bits per heavy atom. The van der Waals surface area contributed by atoms with E-state index in [9.17, 15) is 9.59 Å². The molecule has 7 heteroatoms. The van der Waals surface area contributed by atoms with E-state index >= 15 is 0 Å². The molecule has 2 aromatic rings. The van der Waals surface area contributed by atoms with Gasteiger partial charge in [0, 0.05) is 19.3 Å². The lowest BCUT2D eigenvalue weighted by atomic mass is 10.1. The van der Waals surface area contributed by atoms with Crippen molar-refractivity contribution in [3.63, 3.8) is 0 Å². The van der Waals surface area contributed by atoms with E-state index in [2.05, 4.69) is 4.98 Å². The Labute approximate surface area is 137 Å². The molecule has 0 radical (unpaired) electrons. The number of imide groups is 1. The molecule has 4 rings (SSSR count). The summed E-state index contributed by atoms with van der Waals surface area (Å²) in [4.78, 5) is 32.1. The zero-order chi connectivity index (χ0) is 16.1. The van der Waals surface area contributed by atoms with E-state index in [1.54, 1.807) is 36.5 Å². The average molecular weight is 329 g/mol. The zero-order valence-electron chi connectivity index (χ0n) is 12.1. The summed E-state index contributed by atoms with van der Waals surface area (Å²) in [7, 11) is 0. The Kier molecular flexibility index (Phi) is 3.02. The van der Waals surface area contributed by atoms with Gasteiger partial charge in [-0.25, -0.2) is 4.98 Å². The predicted molar refractivity (Wildman–Crippen MR) is 86.6 cm³/mol. The second-order valence-electron chi connectivity index (χ2n) is 5.62. The minimum atomic E-state index is -0.226. The number of pyridine rings is 1. The molecule has 1 aromatic carbocycles. The first-order valence-electron chi connectivity index (χ1n) is 7.20. The number of carbonyl (C=O) groups is 2. The van der Waals surface area contributed by atoms with Crippen LogP contribution in [0.15, 0.2) is 36.5 Å². The number of fused-ring (bicyclic) bond motifs is 1. The second-order valence-corrected chi connectivity index (χ2v) is 5.98. The number of hydrogen-bond donors (Lipinski definition) is 1. The third-order valence-corrected chi connectivity index (χ3v) is 4.61. The highest BCUT2D eigenvalue weighted by molar-refractivity contribution is 6.32. The SMILES string of the molecule is Nc1c(N2CC(N3C(=O)c4ccccc4C3=O)C2)ccnc1Cl. The fourth-order valence-corrected chi connectivity index (χ4v) is 3.22. The van der Waals surface area contributed by atoms with Crippen LogP contribution >= 0.6 is 11.6 Å². The van der Waals surface area contributed by atoms with Gasteiger partial charge in [0.25, 0.3) is 11.8 Å². The van der Waals surface area contributed by atoms with Gasteiger partial charge in [0.05, 0.1) is 28.5 Å². The van der Waals surface area contributed by atoms with Gasteiger partial charge < -0.3 is 10.6 Å². The molecule has 0 atom stereocenters. The Morgan fingerprint density at radius 2 is 1.70 bits per heavy atom. The highest BCUT2D eigenvalue weighted by Crippen LogP contribution is 2.34. The van der Waals surface area contributed by atoms with Crippen molar-refractivity contribution in [3.8, 4) is 0 Å². The summed E-state index contributed by atoms with van der Waals surface area (Å²) >= 11 is 5.93. The van der Waals surface area contributed by atoms with E-state index in [1.165, 1.54) is 4.90 Å². The Balaban J connectivity index is 1.54. The maximum atomic E-state index is 12.4. The quantitative estimate of drug-likeness (QED) is 0.671. The van der Waals surface area contributed by atoms with Crippen LogP contribution in [0.1, 0.15) is 20.7 Å². The van der Waals surface area contributed by atoms with Crippen molar-refractivity contribution in [2.24, 2.45) is 0 Å². The molecule has 2 aliphatic rings. The molecule has 0 aliphatic carbocycles. The van der Waals surface area contributed by atoms with Crippen molar-refractivity contribution >= 4 is 34.8 Å². The predicted octanol–water partition coefficient (Wildman–Crippen LogP) is 1.80. The lowest BCUT2D eigenvalue weighted by molar-refractivity contribution is 0.0558. The number of rotatable bonds is 2.